The minimum atomic E-state index is 0.581. The van der Waals surface area contributed by atoms with E-state index in [2.05, 4.69) is 25.9 Å². The van der Waals surface area contributed by atoms with Crippen LogP contribution < -0.4 is 0 Å². The van der Waals surface area contributed by atoms with Crippen LogP contribution in [0.5, 0.6) is 0 Å². The highest BCUT2D eigenvalue weighted by molar-refractivity contribution is 9.10. The molecule has 0 aliphatic carbocycles. The van der Waals surface area contributed by atoms with Crippen molar-refractivity contribution in [2.75, 3.05) is 0 Å². The van der Waals surface area contributed by atoms with Crippen molar-refractivity contribution in [3.8, 4) is 0 Å². The van der Waals surface area contributed by atoms with Gasteiger partial charge in [0.2, 0.25) is 0 Å². The van der Waals surface area contributed by atoms with E-state index in [4.69, 9.17) is 11.6 Å². The van der Waals surface area contributed by atoms with Gasteiger partial charge in [0, 0.05) is 16.6 Å². The van der Waals surface area contributed by atoms with Crippen molar-refractivity contribution < 1.29 is 0 Å². The molecule has 0 aliphatic rings. The Hall–Kier alpha value is -0.670. The average Bonchev–Trinajstić information content (AvgIpc) is 2.03. The number of rotatable bonds is 0. The molecule has 0 atom stereocenters. The van der Waals surface area contributed by atoms with E-state index in [1.54, 1.807) is 6.20 Å². The molecule has 1 aromatic heterocycles. The molecule has 2 nitrogen and oxygen atoms in total. The molecule has 12 heavy (non-hydrogen) atoms. The van der Waals surface area contributed by atoms with E-state index in [1.807, 2.05) is 18.2 Å². The SMILES string of the molecule is Clc1ccc2cnc(Br)nc2c1. The van der Waals surface area contributed by atoms with Crippen LogP contribution in [0.2, 0.25) is 5.02 Å². The summed E-state index contributed by atoms with van der Waals surface area (Å²) in [5.41, 5.74) is 0.851. The number of hydrogen-bond donors (Lipinski definition) is 0. The molecular formula is C8H4BrClN2. The van der Waals surface area contributed by atoms with Gasteiger partial charge >= 0.3 is 0 Å². The van der Waals surface area contributed by atoms with Gasteiger partial charge in [-0.15, -0.1) is 0 Å². The molecule has 60 valence electrons. The topological polar surface area (TPSA) is 25.8 Å². The van der Waals surface area contributed by atoms with E-state index in [1.165, 1.54) is 0 Å². The molecule has 0 unspecified atom stereocenters. The number of aromatic nitrogens is 2. The Morgan fingerprint density at radius 1 is 1.33 bits per heavy atom. The van der Waals surface area contributed by atoms with E-state index in [0.29, 0.717) is 9.76 Å². The Kier molecular flexibility index (Phi) is 1.98. The Morgan fingerprint density at radius 3 is 3.00 bits per heavy atom. The summed E-state index contributed by atoms with van der Waals surface area (Å²) >= 11 is 8.99. The van der Waals surface area contributed by atoms with Gasteiger partial charge in [-0.1, -0.05) is 11.6 Å². The van der Waals surface area contributed by atoms with Gasteiger partial charge in [-0.05, 0) is 34.1 Å². The molecule has 1 heterocycles. The number of halogens is 2. The Labute approximate surface area is 82.7 Å². The zero-order valence-electron chi connectivity index (χ0n) is 5.96. The van der Waals surface area contributed by atoms with E-state index in [9.17, 15) is 0 Å². The van der Waals surface area contributed by atoms with Crippen LogP contribution in [0.15, 0.2) is 29.1 Å². The lowest BCUT2D eigenvalue weighted by molar-refractivity contribution is 1.16. The standard InChI is InChI=1S/C8H4BrClN2/c9-8-11-4-5-1-2-6(10)3-7(5)12-8/h1-4H. The molecule has 0 N–H and O–H groups in total. The Balaban J connectivity index is 2.80. The highest BCUT2D eigenvalue weighted by atomic mass is 79.9. The molecule has 1 aromatic carbocycles. The first-order chi connectivity index (χ1) is 5.75. The fraction of sp³-hybridized carbons (Fsp3) is 0. The molecule has 2 aromatic rings. The van der Waals surface area contributed by atoms with Crippen molar-refractivity contribution in [2.24, 2.45) is 0 Å². The minimum Gasteiger partial charge on any atom is -0.230 e. The lowest BCUT2D eigenvalue weighted by Crippen LogP contribution is -1.83. The summed E-state index contributed by atoms with van der Waals surface area (Å²) in [5, 5.41) is 1.68. The summed E-state index contributed by atoms with van der Waals surface area (Å²) in [6, 6.07) is 5.52. The van der Waals surface area contributed by atoms with Crippen molar-refractivity contribution in [2.45, 2.75) is 0 Å². The average molecular weight is 243 g/mol. The Bertz CT molecular complexity index is 394. The van der Waals surface area contributed by atoms with Crippen molar-refractivity contribution >= 4 is 38.4 Å². The van der Waals surface area contributed by atoms with Gasteiger partial charge < -0.3 is 0 Å². The van der Waals surface area contributed by atoms with Crippen LogP contribution in [0, 0.1) is 0 Å². The van der Waals surface area contributed by atoms with Crippen molar-refractivity contribution in [3.63, 3.8) is 0 Å². The predicted molar refractivity (Wildman–Crippen MR) is 52.2 cm³/mol. The van der Waals surface area contributed by atoms with Crippen LogP contribution in [0.25, 0.3) is 10.9 Å². The van der Waals surface area contributed by atoms with E-state index >= 15 is 0 Å². The third-order valence-electron chi connectivity index (χ3n) is 1.52. The summed E-state index contributed by atoms with van der Waals surface area (Å²) in [5.74, 6) is 0. The third kappa shape index (κ3) is 1.42. The van der Waals surface area contributed by atoms with Gasteiger partial charge in [-0.3, -0.25) is 0 Å². The molecule has 0 amide bonds. The van der Waals surface area contributed by atoms with Gasteiger partial charge in [0.25, 0.3) is 0 Å². The van der Waals surface area contributed by atoms with Gasteiger partial charge in [0.05, 0.1) is 5.52 Å². The maximum absolute atomic E-state index is 5.80. The van der Waals surface area contributed by atoms with Gasteiger partial charge in [0.15, 0.2) is 4.73 Å². The molecule has 0 saturated heterocycles. The molecule has 0 spiro atoms. The van der Waals surface area contributed by atoms with Crippen molar-refractivity contribution in [3.05, 3.63) is 34.2 Å². The minimum absolute atomic E-state index is 0.581. The number of nitrogens with zero attached hydrogens (tertiary/aromatic N) is 2. The summed E-state index contributed by atoms with van der Waals surface area (Å²) in [7, 11) is 0. The summed E-state index contributed by atoms with van der Waals surface area (Å²) in [6.45, 7) is 0. The van der Waals surface area contributed by atoms with E-state index < -0.39 is 0 Å². The number of benzene rings is 1. The lowest BCUT2D eigenvalue weighted by atomic mass is 10.2. The monoisotopic (exact) mass is 242 g/mol. The first-order valence-electron chi connectivity index (χ1n) is 3.33. The molecule has 0 radical (unpaired) electrons. The largest absolute Gasteiger partial charge is 0.230 e. The second-order valence-electron chi connectivity index (χ2n) is 2.34. The highest BCUT2D eigenvalue weighted by Crippen LogP contribution is 2.17. The van der Waals surface area contributed by atoms with Crippen LogP contribution in [-0.2, 0) is 0 Å². The molecule has 4 heteroatoms. The van der Waals surface area contributed by atoms with E-state index in [-0.39, 0.29) is 0 Å². The first-order valence-corrected chi connectivity index (χ1v) is 4.50. The van der Waals surface area contributed by atoms with Gasteiger partial charge in [-0.25, -0.2) is 9.97 Å². The van der Waals surface area contributed by atoms with Crippen LogP contribution in [-0.4, -0.2) is 9.97 Å². The van der Waals surface area contributed by atoms with Crippen molar-refractivity contribution in [1.29, 1.82) is 0 Å². The zero-order chi connectivity index (χ0) is 8.55. The second kappa shape index (κ2) is 2.99. The second-order valence-corrected chi connectivity index (χ2v) is 3.49. The van der Waals surface area contributed by atoms with Crippen LogP contribution in [0.3, 0.4) is 0 Å². The summed E-state index contributed by atoms with van der Waals surface area (Å²) in [4.78, 5) is 8.16. The molecule has 0 fully saturated rings. The van der Waals surface area contributed by atoms with Crippen LogP contribution in [0.1, 0.15) is 0 Å². The quantitative estimate of drug-likeness (QED) is 0.665. The molecular weight excluding hydrogens is 239 g/mol. The molecule has 0 saturated carbocycles. The summed E-state index contributed by atoms with van der Waals surface area (Å²) < 4.78 is 0.581. The maximum Gasteiger partial charge on any atom is 0.197 e. The van der Waals surface area contributed by atoms with Gasteiger partial charge in [0.1, 0.15) is 0 Å². The Morgan fingerprint density at radius 2 is 2.17 bits per heavy atom. The predicted octanol–water partition coefficient (Wildman–Crippen LogP) is 3.05. The highest BCUT2D eigenvalue weighted by Gasteiger charge is 1.97. The fourth-order valence-corrected chi connectivity index (χ4v) is 1.43. The molecule has 0 aliphatic heterocycles. The number of fused-ring (bicyclic) bond motifs is 1. The van der Waals surface area contributed by atoms with Crippen LogP contribution >= 0.6 is 27.5 Å². The smallest absolute Gasteiger partial charge is 0.197 e. The van der Waals surface area contributed by atoms with Crippen LogP contribution in [0.4, 0.5) is 0 Å². The third-order valence-corrected chi connectivity index (χ3v) is 2.13. The molecule has 0 bridgehead atoms. The first kappa shape index (κ1) is 7.95. The van der Waals surface area contributed by atoms with Gasteiger partial charge in [-0.2, -0.15) is 0 Å². The number of hydrogen-bond acceptors (Lipinski definition) is 2. The molecule has 2 rings (SSSR count). The zero-order valence-corrected chi connectivity index (χ0v) is 8.30. The normalized spacial score (nSPS) is 10.5. The van der Waals surface area contributed by atoms with Crippen molar-refractivity contribution in [1.82, 2.24) is 9.97 Å². The fourth-order valence-electron chi connectivity index (χ4n) is 0.974. The lowest BCUT2D eigenvalue weighted by Gasteiger charge is -1.96. The maximum atomic E-state index is 5.80. The summed E-state index contributed by atoms with van der Waals surface area (Å²) in [6.07, 6.45) is 1.75. The van der Waals surface area contributed by atoms with E-state index in [0.717, 1.165) is 10.9 Å².